The fourth-order valence-electron chi connectivity index (χ4n) is 3.38. The number of nitrogens with zero attached hydrogens (tertiary/aromatic N) is 3. The molecule has 0 saturated heterocycles. The van der Waals surface area contributed by atoms with E-state index in [2.05, 4.69) is 20.3 Å². The summed E-state index contributed by atoms with van der Waals surface area (Å²) < 4.78 is 0. The number of nitrogens with two attached hydrogens (primary N) is 2. The van der Waals surface area contributed by atoms with Gasteiger partial charge in [0.25, 0.3) is 0 Å². The molecule has 3 bridgehead atoms. The molecule has 8 N–H and O–H groups in total. The molecule has 0 fully saturated rings. The normalized spacial score (nSPS) is 17.0. The molecule has 0 aliphatic carbocycles. The summed E-state index contributed by atoms with van der Waals surface area (Å²) in [5.74, 6) is -0.00415. The summed E-state index contributed by atoms with van der Waals surface area (Å²) in [4.78, 5) is 43.2. The van der Waals surface area contributed by atoms with Gasteiger partial charge in [-0.1, -0.05) is 12.8 Å². The van der Waals surface area contributed by atoms with Gasteiger partial charge in [-0.2, -0.15) is 9.97 Å². The summed E-state index contributed by atoms with van der Waals surface area (Å²) in [7, 11) is 0. The van der Waals surface area contributed by atoms with Gasteiger partial charge in [0.1, 0.15) is 11.6 Å². The summed E-state index contributed by atoms with van der Waals surface area (Å²) in [5.41, 5.74) is 10.4. The largest absolute Gasteiger partial charge is 0.481 e. The zero-order valence-electron chi connectivity index (χ0n) is 18.9. The molecular weight excluding hydrogens is 432 g/mol. The van der Waals surface area contributed by atoms with E-state index in [4.69, 9.17) is 26.8 Å². The van der Waals surface area contributed by atoms with Crippen LogP contribution in [0.4, 0.5) is 5.95 Å². The number of aromatic nitrogens is 3. The molecule has 0 radical (unpaired) electrons. The van der Waals surface area contributed by atoms with Crippen LogP contribution >= 0.6 is 0 Å². The van der Waals surface area contributed by atoms with Gasteiger partial charge in [-0.05, 0) is 45.2 Å². The average Bonchev–Trinajstić information content (AvgIpc) is 2.75. The number of fused-ring (bicyclic) bond motifs is 2. The van der Waals surface area contributed by atoms with E-state index in [0.29, 0.717) is 24.9 Å². The lowest BCUT2D eigenvalue weighted by Crippen LogP contribution is -2.31. The maximum Gasteiger partial charge on any atom is 0.304 e. The van der Waals surface area contributed by atoms with Crippen LogP contribution in [0.1, 0.15) is 87.7 Å². The average molecular weight is 469 g/mol. The van der Waals surface area contributed by atoms with Crippen molar-refractivity contribution >= 4 is 23.9 Å². The molecular formula is C21H36N6O6. The van der Waals surface area contributed by atoms with Crippen molar-refractivity contribution in [1.82, 2.24) is 15.0 Å². The van der Waals surface area contributed by atoms with E-state index in [-0.39, 0.29) is 31.1 Å². The second-order valence-corrected chi connectivity index (χ2v) is 7.97. The molecule has 1 aromatic rings. The topological polar surface area (TPSA) is 215 Å². The molecule has 0 saturated carbocycles. The molecule has 12 nitrogen and oxygen atoms in total. The Labute approximate surface area is 193 Å². The zero-order valence-corrected chi connectivity index (χ0v) is 18.9. The Morgan fingerprint density at radius 1 is 0.788 bits per heavy atom. The number of hydrogen-bond donors (Lipinski definition) is 6. The highest BCUT2D eigenvalue weighted by molar-refractivity contribution is 5.68. The van der Waals surface area contributed by atoms with Gasteiger partial charge in [0.2, 0.25) is 5.95 Å². The zero-order chi connectivity index (χ0) is 24.6. The van der Waals surface area contributed by atoms with Crippen LogP contribution in [-0.2, 0) is 14.4 Å². The number of carboxylic acids is 3. The molecule has 1 aromatic heterocycles. The fourth-order valence-corrected chi connectivity index (χ4v) is 3.38. The monoisotopic (exact) mass is 468 g/mol. The Balaban J connectivity index is 0.000000266. The van der Waals surface area contributed by atoms with E-state index in [1.807, 2.05) is 0 Å². The highest BCUT2D eigenvalue weighted by atomic mass is 16.4. The Hall–Kier alpha value is -2.86. The molecule has 0 spiro atoms. The van der Waals surface area contributed by atoms with Crippen LogP contribution < -0.4 is 16.8 Å². The van der Waals surface area contributed by atoms with Gasteiger partial charge < -0.3 is 32.1 Å². The summed E-state index contributed by atoms with van der Waals surface area (Å²) in [6, 6.07) is 0. The maximum absolute atomic E-state index is 10.7. The van der Waals surface area contributed by atoms with Crippen molar-refractivity contribution in [2.75, 3.05) is 25.0 Å². The first-order valence-corrected chi connectivity index (χ1v) is 11.3. The first-order valence-electron chi connectivity index (χ1n) is 11.3. The Bertz CT molecular complexity index is 737. The van der Waals surface area contributed by atoms with Crippen LogP contribution in [0.2, 0.25) is 0 Å². The fraction of sp³-hybridized carbons (Fsp3) is 0.714. The summed E-state index contributed by atoms with van der Waals surface area (Å²) in [5, 5.41) is 28.2. The number of anilines is 1. The van der Waals surface area contributed by atoms with Crippen molar-refractivity contribution in [3.8, 4) is 0 Å². The Morgan fingerprint density at radius 2 is 1.33 bits per heavy atom. The van der Waals surface area contributed by atoms with Gasteiger partial charge >= 0.3 is 17.9 Å². The van der Waals surface area contributed by atoms with E-state index in [9.17, 15) is 14.4 Å². The third-order valence-electron chi connectivity index (χ3n) is 5.09. The highest BCUT2D eigenvalue weighted by Gasteiger charge is 2.34. The van der Waals surface area contributed by atoms with E-state index in [0.717, 1.165) is 57.3 Å². The van der Waals surface area contributed by atoms with E-state index < -0.39 is 17.9 Å². The first-order chi connectivity index (χ1) is 15.8. The van der Waals surface area contributed by atoms with Crippen molar-refractivity contribution in [3.05, 3.63) is 11.6 Å². The minimum Gasteiger partial charge on any atom is -0.481 e. The lowest BCUT2D eigenvalue weighted by Gasteiger charge is -2.30. The predicted octanol–water partition coefficient (Wildman–Crippen LogP) is 1.52. The molecule has 3 rings (SSSR count). The highest BCUT2D eigenvalue weighted by Crippen LogP contribution is 2.36. The number of aliphatic carboxylic acids is 3. The molecule has 0 amide bonds. The molecule has 2 unspecified atom stereocenters. The molecule has 2 aliphatic heterocycles. The molecule has 33 heavy (non-hydrogen) atoms. The first kappa shape index (κ1) is 28.2. The van der Waals surface area contributed by atoms with Crippen molar-refractivity contribution in [3.63, 3.8) is 0 Å². The van der Waals surface area contributed by atoms with Gasteiger partial charge in [0, 0.05) is 31.2 Å². The number of carboxylic acid groups (broad SMARTS) is 3. The van der Waals surface area contributed by atoms with E-state index in [1.165, 1.54) is 0 Å². The van der Waals surface area contributed by atoms with Gasteiger partial charge in [-0.15, -0.1) is 0 Å². The maximum atomic E-state index is 10.7. The SMILES string of the molecule is NCCCCCC(=O)O.NCCCCCC(=O)O.O=C(O)CC1CC2CNc3nc2nc1n3. The quantitative estimate of drug-likeness (QED) is 0.241. The van der Waals surface area contributed by atoms with Crippen molar-refractivity contribution in [2.24, 2.45) is 11.5 Å². The van der Waals surface area contributed by atoms with Crippen molar-refractivity contribution < 1.29 is 29.7 Å². The third-order valence-corrected chi connectivity index (χ3v) is 5.09. The second-order valence-electron chi connectivity index (χ2n) is 7.97. The smallest absolute Gasteiger partial charge is 0.304 e. The number of nitrogens with one attached hydrogen (secondary N) is 1. The van der Waals surface area contributed by atoms with Crippen LogP contribution in [0.3, 0.4) is 0 Å². The molecule has 2 aliphatic rings. The minimum absolute atomic E-state index is 0.0520. The minimum atomic E-state index is -0.794. The lowest BCUT2D eigenvalue weighted by molar-refractivity contribution is -0.138. The van der Waals surface area contributed by atoms with Gasteiger partial charge in [0.15, 0.2) is 0 Å². The third kappa shape index (κ3) is 12.1. The predicted molar refractivity (Wildman–Crippen MR) is 121 cm³/mol. The van der Waals surface area contributed by atoms with Gasteiger partial charge in [-0.25, -0.2) is 4.98 Å². The second kappa shape index (κ2) is 15.9. The van der Waals surface area contributed by atoms with Crippen LogP contribution in [0, 0.1) is 0 Å². The lowest BCUT2D eigenvalue weighted by atomic mass is 9.87. The number of rotatable bonds is 12. The molecule has 186 valence electrons. The Kier molecular flexibility index (Phi) is 13.5. The van der Waals surface area contributed by atoms with Crippen LogP contribution in [0.25, 0.3) is 0 Å². The van der Waals surface area contributed by atoms with Crippen LogP contribution in [0.15, 0.2) is 0 Å². The Morgan fingerprint density at radius 3 is 1.82 bits per heavy atom. The molecule has 2 atom stereocenters. The molecule has 12 heteroatoms. The summed E-state index contributed by atoms with van der Waals surface area (Å²) in [6.07, 6.45) is 6.71. The van der Waals surface area contributed by atoms with Crippen molar-refractivity contribution in [1.29, 1.82) is 0 Å². The molecule has 0 aromatic carbocycles. The van der Waals surface area contributed by atoms with Gasteiger partial charge in [0.05, 0.1) is 6.42 Å². The van der Waals surface area contributed by atoms with Crippen molar-refractivity contribution in [2.45, 2.75) is 76.0 Å². The van der Waals surface area contributed by atoms with E-state index in [1.54, 1.807) is 0 Å². The number of carbonyl (C=O) groups is 3. The van der Waals surface area contributed by atoms with Crippen LogP contribution in [-0.4, -0.2) is 67.8 Å². The van der Waals surface area contributed by atoms with Gasteiger partial charge in [-0.3, -0.25) is 14.4 Å². The molecule has 3 heterocycles. The van der Waals surface area contributed by atoms with Crippen LogP contribution in [0.5, 0.6) is 0 Å². The summed E-state index contributed by atoms with van der Waals surface area (Å²) in [6.45, 7) is 2.10. The number of unbranched alkanes of at least 4 members (excludes halogenated alkanes) is 4. The van der Waals surface area contributed by atoms with E-state index >= 15 is 0 Å². The standard InChI is InChI=1S/C9H10N4O2.2C6H13NO2/c14-6(15)2-4-1-5-3-10-9-12-7(4)11-8(5)13-9;2*7-5-3-1-2-4-6(8)9/h4-5H,1-3H2,(H,14,15)(H,10,11,12,13);2*1-5,7H2,(H,8,9). The summed E-state index contributed by atoms with van der Waals surface area (Å²) >= 11 is 0. The number of hydrogen-bond acceptors (Lipinski definition) is 9.